The fraction of sp³-hybridized carbons (Fsp3) is 0.562. The molecule has 1 aromatic carbocycles. The van der Waals surface area contributed by atoms with E-state index in [1.807, 2.05) is 18.2 Å². The van der Waals surface area contributed by atoms with Crippen LogP contribution in [0.1, 0.15) is 45.2 Å². The van der Waals surface area contributed by atoms with Gasteiger partial charge in [-0.3, -0.25) is 0 Å². The number of carbonyl (C=O) groups excluding carboxylic acids is 1. The molecular weight excluding hydrogens is 334 g/mol. The number of halogens is 1. The predicted octanol–water partition coefficient (Wildman–Crippen LogP) is 3.84. The second kappa shape index (κ2) is 9.79. The molecule has 118 valence electrons. The molecule has 0 saturated heterocycles. The molecule has 0 saturated carbocycles. The van der Waals surface area contributed by atoms with Crippen LogP contribution in [-0.4, -0.2) is 25.7 Å². The Labute approximate surface area is 135 Å². The molecule has 0 radical (unpaired) electrons. The van der Waals surface area contributed by atoms with E-state index in [1.165, 1.54) is 0 Å². The maximum atomic E-state index is 11.6. The third kappa shape index (κ3) is 6.48. The van der Waals surface area contributed by atoms with Crippen molar-refractivity contribution in [2.24, 2.45) is 0 Å². The molecule has 1 atom stereocenters. The average Bonchev–Trinajstić information content (AvgIpc) is 2.46. The maximum absolute atomic E-state index is 11.6. The van der Waals surface area contributed by atoms with Crippen LogP contribution in [0.2, 0.25) is 0 Å². The summed E-state index contributed by atoms with van der Waals surface area (Å²) < 4.78 is 11.7. The molecule has 0 heterocycles. The number of esters is 1. The van der Waals surface area contributed by atoms with Gasteiger partial charge in [-0.05, 0) is 38.1 Å². The Morgan fingerprint density at radius 3 is 2.81 bits per heavy atom. The second-order valence-corrected chi connectivity index (χ2v) is 5.74. The Balaban J connectivity index is 2.63. The number of unbranched alkanes of at least 4 members (excludes halogenated alkanes) is 1. The molecule has 1 N–H and O–H groups in total. The lowest BCUT2D eigenvalue weighted by Gasteiger charge is -2.18. The van der Waals surface area contributed by atoms with Gasteiger partial charge in [-0.1, -0.05) is 36.2 Å². The minimum Gasteiger partial charge on any atom is -0.482 e. The lowest BCUT2D eigenvalue weighted by molar-refractivity contribution is -0.146. The van der Waals surface area contributed by atoms with Gasteiger partial charge in [0.1, 0.15) is 5.75 Å². The van der Waals surface area contributed by atoms with Crippen LogP contribution < -0.4 is 10.1 Å². The van der Waals surface area contributed by atoms with Gasteiger partial charge in [-0.25, -0.2) is 4.79 Å². The molecule has 0 aliphatic heterocycles. The predicted molar refractivity (Wildman–Crippen MR) is 87.6 cm³/mol. The third-order valence-electron chi connectivity index (χ3n) is 3.06. The van der Waals surface area contributed by atoms with Crippen LogP contribution in [0.3, 0.4) is 0 Å². The highest BCUT2D eigenvalue weighted by Crippen LogP contribution is 2.28. The first-order valence-electron chi connectivity index (χ1n) is 7.39. The average molecular weight is 358 g/mol. The van der Waals surface area contributed by atoms with Crippen LogP contribution in [-0.2, 0) is 9.53 Å². The van der Waals surface area contributed by atoms with Crippen molar-refractivity contribution in [2.75, 3.05) is 19.8 Å². The second-order valence-electron chi connectivity index (χ2n) is 4.82. The molecule has 1 unspecified atom stereocenters. The number of carbonyl (C=O) groups is 1. The largest absolute Gasteiger partial charge is 0.482 e. The van der Waals surface area contributed by atoms with Crippen LogP contribution in [0.4, 0.5) is 0 Å². The number of benzene rings is 1. The van der Waals surface area contributed by atoms with Crippen molar-refractivity contribution in [1.82, 2.24) is 5.32 Å². The molecular formula is C16H24BrNO3. The van der Waals surface area contributed by atoms with Crippen molar-refractivity contribution in [3.8, 4) is 5.75 Å². The van der Waals surface area contributed by atoms with E-state index in [-0.39, 0.29) is 18.6 Å². The summed E-state index contributed by atoms with van der Waals surface area (Å²) in [5, 5.41) is 3.34. The first kappa shape index (κ1) is 18.0. The highest BCUT2D eigenvalue weighted by molar-refractivity contribution is 9.10. The van der Waals surface area contributed by atoms with Crippen LogP contribution in [0, 0.1) is 0 Å². The minimum absolute atomic E-state index is 0.0583. The molecule has 0 spiro atoms. The normalized spacial score (nSPS) is 12.0. The molecule has 21 heavy (non-hydrogen) atoms. The molecule has 1 rings (SSSR count). The molecule has 5 heteroatoms. The number of rotatable bonds is 9. The number of hydrogen-bond donors (Lipinski definition) is 1. The summed E-state index contributed by atoms with van der Waals surface area (Å²) in [4.78, 5) is 11.6. The molecule has 1 aromatic rings. The van der Waals surface area contributed by atoms with Gasteiger partial charge in [0.05, 0.1) is 6.61 Å². The van der Waals surface area contributed by atoms with Gasteiger partial charge in [-0.15, -0.1) is 0 Å². The molecule has 0 aliphatic rings. The topological polar surface area (TPSA) is 47.6 Å². The first-order chi connectivity index (χ1) is 10.1. The van der Waals surface area contributed by atoms with E-state index in [0.29, 0.717) is 12.4 Å². The Hall–Kier alpha value is -1.07. The lowest BCUT2D eigenvalue weighted by atomic mass is 10.1. The first-order valence-corrected chi connectivity index (χ1v) is 8.19. The van der Waals surface area contributed by atoms with E-state index in [2.05, 4.69) is 42.0 Å². The van der Waals surface area contributed by atoms with Crippen LogP contribution >= 0.6 is 15.9 Å². The number of ether oxygens (including phenoxy) is 2. The van der Waals surface area contributed by atoms with Gasteiger partial charge in [0.15, 0.2) is 6.61 Å². The molecule has 0 bridgehead atoms. The van der Waals surface area contributed by atoms with Crippen LogP contribution in [0.15, 0.2) is 22.7 Å². The Morgan fingerprint density at radius 1 is 1.38 bits per heavy atom. The number of nitrogens with one attached hydrogen (secondary N) is 1. The highest BCUT2D eigenvalue weighted by atomic mass is 79.9. The smallest absolute Gasteiger partial charge is 0.344 e. The monoisotopic (exact) mass is 357 g/mol. The van der Waals surface area contributed by atoms with E-state index in [4.69, 9.17) is 9.47 Å². The van der Waals surface area contributed by atoms with Gasteiger partial charge >= 0.3 is 5.97 Å². The zero-order valence-corrected chi connectivity index (χ0v) is 14.5. The molecule has 4 nitrogen and oxygen atoms in total. The van der Waals surface area contributed by atoms with Crippen molar-refractivity contribution in [1.29, 1.82) is 0 Å². The molecule has 0 aliphatic carbocycles. The Bertz CT molecular complexity index is 451. The van der Waals surface area contributed by atoms with Crippen LogP contribution in [0.5, 0.6) is 5.75 Å². The minimum atomic E-state index is -0.326. The molecule has 0 amide bonds. The summed E-state index contributed by atoms with van der Waals surface area (Å²) in [6.45, 7) is 7.45. The maximum Gasteiger partial charge on any atom is 0.344 e. The molecule has 0 fully saturated rings. The summed E-state index contributed by atoms with van der Waals surface area (Å²) >= 11 is 3.46. The van der Waals surface area contributed by atoms with Crippen molar-refractivity contribution in [2.45, 2.75) is 39.7 Å². The standard InChI is InChI=1S/C16H24BrNO3/c1-4-6-9-20-16(19)11-21-15-8-7-13(17)10-14(15)12(3)18-5-2/h7-8,10,12,18H,4-6,9,11H2,1-3H3. The Morgan fingerprint density at radius 2 is 2.14 bits per heavy atom. The zero-order valence-electron chi connectivity index (χ0n) is 12.9. The highest BCUT2D eigenvalue weighted by Gasteiger charge is 2.13. The van der Waals surface area contributed by atoms with Gasteiger partial charge in [-0.2, -0.15) is 0 Å². The summed E-state index contributed by atoms with van der Waals surface area (Å²) in [5.74, 6) is 0.382. The van der Waals surface area contributed by atoms with Crippen molar-refractivity contribution in [3.63, 3.8) is 0 Å². The van der Waals surface area contributed by atoms with E-state index < -0.39 is 0 Å². The number of hydrogen-bond acceptors (Lipinski definition) is 4. The molecule has 0 aromatic heterocycles. The van der Waals surface area contributed by atoms with E-state index >= 15 is 0 Å². The van der Waals surface area contributed by atoms with Gasteiger partial charge in [0.25, 0.3) is 0 Å². The summed E-state index contributed by atoms with van der Waals surface area (Å²) in [5.41, 5.74) is 1.02. The van der Waals surface area contributed by atoms with E-state index in [1.54, 1.807) is 0 Å². The third-order valence-corrected chi connectivity index (χ3v) is 3.55. The van der Waals surface area contributed by atoms with Crippen molar-refractivity contribution < 1.29 is 14.3 Å². The summed E-state index contributed by atoms with van der Waals surface area (Å²) in [6, 6.07) is 5.93. The fourth-order valence-electron chi connectivity index (χ4n) is 1.91. The fourth-order valence-corrected chi connectivity index (χ4v) is 2.29. The summed E-state index contributed by atoms with van der Waals surface area (Å²) in [7, 11) is 0. The van der Waals surface area contributed by atoms with Gasteiger partial charge in [0, 0.05) is 16.1 Å². The van der Waals surface area contributed by atoms with Gasteiger partial charge < -0.3 is 14.8 Å². The summed E-state index contributed by atoms with van der Waals surface area (Å²) in [6.07, 6.45) is 1.89. The van der Waals surface area contributed by atoms with E-state index in [9.17, 15) is 4.79 Å². The van der Waals surface area contributed by atoms with E-state index in [0.717, 1.165) is 29.4 Å². The van der Waals surface area contributed by atoms with Gasteiger partial charge in [0.2, 0.25) is 0 Å². The van der Waals surface area contributed by atoms with Crippen molar-refractivity contribution >= 4 is 21.9 Å². The lowest BCUT2D eigenvalue weighted by Crippen LogP contribution is -2.20. The Kier molecular flexibility index (Phi) is 8.38. The van der Waals surface area contributed by atoms with Crippen molar-refractivity contribution in [3.05, 3.63) is 28.2 Å². The quantitative estimate of drug-likeness (QED) is 0.538. The zero-order chi connectivity index (χ0) is 15.7. The van der Waals surface area contributed by atoms with Crippen LogP contribution in [0.25, 0.3) is 0 Å². The SMILES string of the molecule is CCCCOC(=O)COc1ccc(Br)cc1C(C)NCC.